The summed E-state index contributed by atoms with van der Waals surface area (Å²) in [4.78, 5) is 45.5. The third-order valence-corrected chi connectivity index (χ3v) is 10.3. The van der Waals surface area contributed by atoms with Crippen molar-refractivity contribution >= 4 is 37.0 Å². The van der Waals surface area contributed by atoms with Crippen LogP contribution in [0, 0.1) is 11.8 Å². The number of nitrogens with zero attached hydrogens (tertiary/aromatic N) is 4. The number of hydrogen-bond donors (Lipinski definition) is 2. The van der Waals surface area contributed by atoms with Gasteiger partial charge >= 0.3 is 25.7 Å². The summed E-state index contributed by atoms with van der Waals surface area (Å²) < 4.78 is 52.3. The minimum Gasteiger partial charge on any atom is -0.460 e. The zero-order valence-electron chi connectivity index (χ0n) is 29.9. The van der Waals surface area contributed by atoms with E-state index in [2.05, 4.69) is 15.2 Å². The smallest absolute Gasteiger partial charge is 0.459 e. The first-order valence-electron chi connectivity index (χ1n) is 16.9. The van der Waals surface area contributed by atoms with Gasteiger partial charge in [0, 0.05) is 13.1 Å². The standard InChI is InChI=1S/C34H47N6O10P/c1-20(2)31(41)47-28-27(25-13-14-26-30(35)36-19-37-40(25)26)49-34(6,29(28)48-32(42)21(3)4)18-45-51(44,50-23-11-9-8-10-12-23)38-22(5)33(43)46-24-15-16-39(7)17-24/h8-14,19-22,24,27-29H,15-18H2,1-7H3,(H,38,44)(H2,35,36,37)/t22-,24+,27-,28-,29-,34+,51-/m0/s1. The first kappa shape index (κ1) is 38.2. The highest BCUT2D eigenvalue weighted by Gasteiger charge is 2.59. The number of hydrogen-bond acceptors (Lipinski definition) is 14. The molecule has 5 rings (SSSR count). The summed E-state index contributed by atoms with van der Waals surface area (Å²) in [6.45, 7) is 10.6. The van der Waals surface area contributed by atoms with Crippen LogP contribution in [0.1, 0.15) is 59.8 Å². The Bertz CT molecular complexity index is 1760. The van der Waals surface area contributed by atoms with E-state index in [-0.39, 0.29) is 17.7 Å². The number of benzene rings is 1. The summed E-state index contributed by atoms with van der Waals surface area (Å²) in [5.41, 5.74) is 5.39. The SMILES string of the molecule is CC(C)C(=O)O[C@H]1[C@H](c2ccc3c(N)ncnn23)O[C@](C)(CO[P@@](=O)(N[C@@H](C)C(=O)O[C@@H]2CCN(C)C2)Oc2ccccc2)[C@H]1OC(=O)C(C)C. The molecule has 0 amide bonds. The van der Waals surface area contributed by atoms with E-state index in [4.69, 9.17) is 33.7 Å². The Kier molecular flexibility index (Phi) is 11.7. The van der Waals surface area contributed by atoms with Crippen LogP contribution in [0.25, 0.3) is 5.52 Å². The Balaban J connectivity index is 1.48. The van der Waals surface area contributed by atoms with Gasteiger partial charge in [-0.2, -0.15) is 10.2 Å². The molecule has 1 aromatic carbocycles. The maximum atomic E-state index is 14.5. The van der Waals surface area contributed by atoms with Crippen LogP contribution in [-0.4, -0.2) is 94.1 Å². The number of likely N-dealkylation sites (N-methyl/N-ethyl adjacent to an activating group) is 1. The van der Waals surface area contributed by atoms with Crippen molar-refractivity contribution in [3.05, 3.63) is 54.5 Å². The number of rotatable bonds is 14. The molecule has 2 saturated heterocycles. The molecule has 0 aliphatic carbocycles. The second-order valence-corrected chi connectivity index (χ2v) is 15.4. The number of aromatic nitrogens is 3. The molecule has 0 spiro atoms. The molecule has 7 atom stereocenters. The van der Waals surface area contributed by atoms with Crippen molar-refractivity contribution in [3.63, 3.8) is 0 Å². The van der Waals surface area contributed by atoms with Crippen LogP contribution in [-0.2, 0) is 42.4 Å². The zero-order chi connectivity index (χ0) is 37.1. The van der Waals surface area contributed by atoms with Crippen molar-refractivity contribution in [2.45, 2.75) is 84.0 Å². The Hall–Kier alpha value is -4.08. The molecule has 0 bridgehead atoms. The van der Waals surface area contributed by atoms with Crippen molar-refractivity contribution in [2.24, 2.45) is 11.8 Å². The van der Waals surface area contributed by atoms with Gasteiger partial charge in [-0.1, -0.05) is 45.9 Å². The van der Waals surface area contributed by atoms with Crippen LogP contribution in [0.15, 0.2) is 48.8 Å². The lowest BCUT2D eigenvalue weighted by atomic mass is 9.95. The third kappa shape index (κ3) is 8.87. The summed E-state index contributed by atoms with van der Waals surface area (Å²) in [6, 6.07) is 10.6. The fourth-order valence-electron chi connectivity index (χ4n) is 5.78. The molecule has 3 aromatic rings. The number of anilines is 1. The summed E-state index contributed by atoms with van der Waals surface area (Å²) in [5.74, 6) is -2.49. The second-order valence-electron chi connectivity index (χ2n) is 13.8. The molecule has 0 unspecified atom stereocenters. The molecule has 2 aliphatic heterocycles. The predicted molar refractivity (Wildman–Crippen MR) is 184 cm³/mol. The van der Waals surface area contributed by atoms with E-state index in [0.29, 0.717) is 24.2 Å². The van der Waals surface area contributed by atoms with E-state index >= 15 is 0 Å². The van der Waals surface area contributed by atoms with Crippen molar-refractivity contribution in [1.82, 2.24) is 24.6 Å². The number of nitrogens with two attached hydrogens (primary N) is 1. The van der Waals surface area contributed by atoms with Gasteiger partial charge in [0.25, 0.3) is 0 Å². The van der Waals surface area contributed by atoms with Gasteiger partial charge in [-0.15, -0.1) is 0 Å². The zero-order valence-corrected chi connectivity index (χ0v) is 30.8. The lowest BCUT2D eigenvalue weighted by Crippen LogP contribution is -2.49. The largest absolute Gasteiger partial charge is 0.460 e. The summed E-state index contributed by atoms with van der Waals surface area (Å²) in [6.07, 6.45) is -1.90. The summed E-state index contributed by atoms with van der Waals surface area (Å²) in [5, 5.41) is 7.03. The normalized spacial score (nSPS) is 25.5. The van der Waals surface area contributed by atoms with E-state index in [1.165, 1.54) is 17.8 Å². The molecule has 2 aliphatic rings. The molecule has 278 valence electrons. The fraction of sp³-hybridized carbons (Fsp3) is 0.559. The van der Waals surface area contributed by atoms with Crippen LogP contribution < -0.4 is 15.3 Å². The van der Waals surface area contributed by atoms with E-state index < -0.39 is 74.1 Å². The lowest BCUT2D eigenvalue weighted by Gasteiger charge is -2.33. The number of likely N-dealkylation sites (tertiary alicyclic amines) is 1. The highest BCUT2D eigenvalue weighted by Crippen LogP contribution is 2.50. The molecule has 0 saturated carbocycles. The molecule has 16 nitrogen and oxygen atoms in total. The molecule has 0 radical (unpaired) electrons. The van der Waals surface area contributed by atoms with Crippen molar-refractivity contribution in [1.29, 1.82) is 0 Å². The number of fused-ring (bicyclic) bond motifs is 1. The number of esters is 3. The first-order valence-corrected chi connectivity index (χ1v) is 18.5. The quantitative estimate of drug-likeness (QED) is 0.138. The van der Waals surface area contributed by atoms with E-state index in [1.54, 1.807) is 77.1 Å². The van der Waals surface area contributed by atoms with Gasteiger partial charge in [-0.3, -0.25) is 18.9 Å². The number of carbonyl (C=O) groups is 3. The molecule has 51 heavy (non-hydrogen) atoms. The van der Waals surface area contributed by atoms with Gasteiger partial charge in [0.2, 0.25) is 0 Å². The van der Waals surface area contributed by atoms with Gasteiger partial charge in [0.05, 0.1) is 24.1 Å². The van der Waals surface area contributed by atoms with Crippen LogP contribution in [0.5, 0.6) is 5.75 Å². The monoisotopic (exact) mass is 730 g/mol. The minimum atomic E-state index is -4.40. The average molecular weight is 731 g/mol. The fourth-order valence-corrected chi connectivity index (χ4v) is 7.37. The van der Waals surface area contributed by atoms with Crippen LogP contribution in [0.4, 0.5) is 5.82 Å². The molecule has 3 N–H and O–H groups in total. The van der Waals surface area contributed by atoms with Gasteiger partial charge in [0.1, 0.15) is 41.4 Å². The van der Waals surface area contributed by atoms with Crippen LogP contribution in [0.3, 0.4) is 0 Å². The van der Waals surface area contributed by atoms with Crippen molar-refractivity contribution < 1.29 is 46.9 Å². The van der Waals surface area contributed by atoms with Crippen molar-refractivity contribution in [3.8, 4) is 5.75 Å². The number of nitrogens with one attached hydrogen (secondary N) is 1. The number of nitrogen functional groups attached to an aromatic ring is 1. The highest BCUT2D eigenvalue weighted by atomic mass is 31.2. The Morgan fingerprint density at radius 2 is 1.71 bits per heavy atom. The van der Waals surface area contributed by atoms with Gasteiger partial charge in [-0.05, 0) is 51.6 Å². The van der Waals surface area contributed by atoms with Gasteiger partial charge in [-0.25, -0.2) is 14.1 Å². The Labute approximate surface area is 296 Å². The van der Waals surface area contributed by atoms with E-state index in [1.807, 2.05) is 11.9 Å². The molecule has 17 heteroatoms. The molecule has 2 aromatic heterocycles. The molecular weight excluding hydrogens is 683 g/mol. The Morgan fingerprint density at radius 3 is 2.35 bits per heavy atom. The van der Waals surface area contributed by atoms with Gasteiger partial charge < -0.3 is 34.1 Å². The number of ether oxygens (including phenoxy) is 4. The average Bonchev–Trinajstić information content (AvgIpc) is 3.77. The summed E-state index contributed by atoms with van der Waals surface area (Å²) in [7, 11) is -2.47. The maximum absolute atomic E-state index is 14.5. The van der Waals surface area contributed by atoms with Gasteiger partial charge in [0.15, 0.2) is 18.0 Å². The van der Waals surface area contributed by atoms with Crippen LogP contribution >= 0.6 is 7.75 Å². The second kappa shape index (κ2) is 15.7. The van der Waals surface area contributed by atoms with E-state index in [0.717, 1.165) is 6.54 Å². The summed E-state index contributed by atoms with van der Waals surface area (Å²) >= 11 is 0. The maximum Gasteiger partial charge on any atom is 0.459 e. The minimum absolute atomic E-state index is 0.199. The molecular formula is C34H47N6O10P. The van der Waals surface area contributed by atoms with Crippen LogP contribution in [0.2, 0.25) is 0 Å². The lowest BCUT2D eigenvalue weighted by molar-refractivity contribution is -0.175. The first-order chi connectivity index (χ1) is 24.1. The third-order valence-electron chi connectivity index (χ3n) is 8.66. The van der Waals surface area contributed by atoms with E-state index in [9.17, 15) is 18.9 Å². The molecule has 2 fully saturated rings. The predicted octanol–water partition coefficient (Wildman–Crippen LogP) is 3.71. The number of carbonyl (C=O) groups excluding carboxylic acids is 3. The Morgan fingerprint density at radius 1 is 1.02 bits per heavy atom. The molecule has 4 heterocycles. The van der Waals surface area contributed by atoms with Crippen molar-refractivity contribution in [2.75, 3.05) is 32.5 Å². The number of para-hydroxylation sites is 1. The topological polar surface area (TPSA) is 195 Å². The highest BCUT2D eigenvalue weighted by molar-refractivity contribution is 7.52.